The van der Waals surface area contributed by atoms with Gasteiger partial charge < -0.3 is 10.2 Å². The third kappa shape index (κ3) is 4.26. The van der Waals surface area contributed by atoms with Crippen molar-refractivity contribution < 1.29 is 4.79 Å². The van der Waals surface area contributed by atoms with Crippen molar-refractivity contribution in [1.29, 1.82) is 0 Å². The lowest BCUT2D eigenvalue weighted by Crippen LogP contribution is -2.48. The van der Waals surface area contributed by atoms with Crippen LogP contribution in [0.1, 0.15) is 12.8 Å². The van der Waals surface area contributed by atoms with Gasteiger partial charge in [-0.05, 0) is 44.2 Å². The minimum atomic E-state index is -0.0258. The molecule has 3 rings (SSSR count). The molecule has 0 aromatic carbocycles. The molecule has 1 aliphatic rings. The molecular formula is C17H22N6O. The Morgan fingerprint density at radius 2 is 2.25 bits per heavy atom. The minimum Gasteiger partial charge on any atom is -0.354 e. The van der Waals surface area contributed by atoms with Crippen molar-refractivity contribution >= 4 is 17.4 Å². The summed E-state index contributed by atoms with van der Waals surface area (Å²) in [5.41, 5.74) is 0.723. The van der Waals surface area contributed by atoms with Crippen molar-refractivity contribution in [1.82, 2.24) is 20.1 Å². The third-order valence-corrected chi connectivity index (χ3v) is 4.24. The predicted molar refractivity (Wildman–Crippen MR) is 92.8 cm³/mol. The Balaban J connectivity index is 1.54. The van der Waals surface area contributed by atoms with Crippen molar-refractivity contribution in [3.63, 3.8) is 0 Å². The van der Waals surface area contributed by atoms with Gasteiger partial charge in [-0.15, -0.1) is 5.10 Å². The van der Waals surface area contributed by atoms with Gasteiger partial charge in [-0.3, -0.25) is 14.7 Å². The largest absolute Gasteiger partial charge is 0.354 e. The second-order valence-electron chi connectivity index (χ2n) is 6.03. The number of pyridine rings is 1. The van der Waals surface area contributed by atoms with Gasteiger partial charge in [0.05, 0.1) is 18.4 Å². The Morgan fingerprint density at radius 1 is 1.38 bits per heavy atom. The normalized spacial score (nSPS) is 17.8. The average molecular weight is 326 g/mol. The summed E-state index contributed by atoms with van der Waals surface area (Å²) in [6.45, 7) is 2.19. The number of rotatable bonds is 5. The number of hydrogen-bond donors (Lipinski definition) is 1. The Hall–Kier alpha value is -2.54. The SMILES string of the molecule is CN(CC(=O)Nc1cccnc1)C1CCCN(c2cccnn2)C1. The van der Waals surface area contributed by atoms with E-state index in [1.54, 1.807) is 24.7 Å². The number of carbonyl (C=O) groups excluding carboxylic acids is 1. The van der Waals surface area contributed by atoms with Crippen LogP contribution < -0.4 is 10.2 Å². The van der Waals surface area contributed by atoms with Crippen LogP contribution in [0.3, 0.4) is 0 Å². The molecule has 1 saturated heterocycles. The highest BCUT2D eigenvalue weighted by molar-refractivity contribution is 5.92. The smallest absolute Gasteiger partial charge is 0.238 e. The summed E-state index contributed by atoms with van der Waals surface area (Å²) >= 11 is 0. The first kappa shape index (κ1) is 16.3. The zero-order chi connectivity index (χ0) is 16.8. The van der Waals surface area contributed by atoms with E-state index in [-0.39, 0.29) is 5.91 Å². The molecule has 7 heteroatoms. The second kappa shape index (κ2) is 7.83. The number of aromatic nitrogens is 3. The number of anilines is 2. The highest BCUT2D eigenvalue weighted by atomic mass is 16.2. The molecule has 3 heterocycles. The van der Waals surface area contributed by atoms with Crippen molar-refractivity contribution in [2.75, 3.05) is 36.9 Å². The number of carbonyl (C=O) groups is 1. The monoisotopic (exact) mass is 326 g/mol. The van der Waals surface area contributed by atoms with Crippen molar-refractivity contribution in [2.45, 2.75) is 18.9 Å². The van der Waals surface area contributed by atoms with Gasteiger partial charge in [-0.2, -0.15) is 5.10 Å². The van der Waals surface area contributed by atoms with Crippen LogP contribution in [-0.2, 0) is 4.79 Å². The number of hydrogen-bond acceptors (Lipinski definition) is 6. The number of nitrogens with zero attached hydrogens (tertiary/aromatic N) is 5. The first-order valence-electron chi connectivity index (χ1n) is 8.15. The van der Waals surface area contributed by atoms with Gasteiger partial charge in [0.2, 0.25) is 5.91 Å². The van der Waals surface area contributed by atoms with Crippen LogP contribution in [0.2, 0.25) is 0 Å². The highest BCUT2D eigenvalue weighted by Crippen LogP contribution is 2.19. The molecule has 2 aromatic heterocycles. The zero-order valence-electron chi connectivity index (χ0n) is 13.8. The van der Waals surface area contributed by atoms with Crippen molar-refractivity contribution in [2.24, 2.45) is 0 Å². The van der Waals surface area contributed by atoms with E-state index in [1.165, 1.54) is 0 Å². The molecule has 0 saturated carbocycles. The first-order valence-corrected chi connectivity index (χ1v) is 8.15. The van der Waals surface area contributed by atoms with E-state index < -0.39 is 0 Å². The quantitative estimate of drug-likeness (QED) is 0.895. The van der Waals surface area contributed by atoms with Crippen molar-refractivity contribution in [3.8, 4) is 0 Å². The van der Waals surface area contributed by atoms with E-state index in [2.05, 4.69) is 30.3 Å². The summed E-state index contributed by atoms with van der Waals surface area (Å²) in [4.78, 5) is 20.5. The van der Waals surface area contributed by atoms with E-state index in [1.807, 2.05) is 25.2 Å². The van der Waals surface area contributed by atoms with Gasteiger partial charge >= 0.3 is 0 Å². The topological polar surface area (TPSA) is 74.2 Å². The molecule has 24 heavy (non-hydrogen) atoms. The average Bonchev–Trinajstić information content (AvgIpc) is 2.63. The van der Waals surface area contributed by atoms with Gasteiger partial charge in [0.25, 0.3) is 0 Å². The number of nitrogens with one attached hydrogen (secondary N) is 1. The molecule has 0 aliphatic carbocycles. The number of amides is 1. The molecule has 1 amide bonds. The van der Waals surface area contributed by atoms with E-state index in [0.717, 1.165) is 37.4 Å². The lowest BCUT2D eigenvalue weighted by molar-refractivity contribution is -0.117. The fourth-order valence-electron chi connectivity index (χ4n) is 2.98. The van der Waals surface area contributed by atoms with Crippen molar-refractivity contribution in [3.05, 3.63) is 42.9 Å². The summed E-state index contributed by atoms with van der Waals surface area (Å²) in [6, 6.07) is 7.84. The summed E-state index contributed by atoms with van der Waals surface area (Å²) in [7, 11) is 1.99. The van der Waals surface area contributed by atoms with E-state index in [4.69, 9.17) is 0 Å². The fourth-order valence-corrected chi connectivity index (χ4v) is 2.98. The van der Waals surface area contributed by atoms with Gasteiger partial charge in [-0.25, -0.2) is 0 Å². The Morgan fingerprint density at radius 3 is 3.00 bits per heavy atom. The van der Waals surface area contributed by atoms with Gasteiger partial charge in [0, 0.05) is 31.5 Å². The van der Waals surface area contributed by atoms with Crippen LogP contribution in [0.5, 0.6) is 0 Å². The van der Waals surface area contributed by atoms with Gasteiger partial charge in [-0.1, -0.05) is 0 Å². The number of piperidine rings is 1. The highest BCUT2D eigenvalue weighted by Gasteiger charge is 2.25. The standard InChI is InChI=1S/C17H22N6O/c1-22(13-17(24)20-14-5-2-8-18-11-14)15-6-4-10-23(12-15)16-7-3-9-19-21-16/h2-3,5,7-9,11,15H,4,6,10,12-13H2,1H3,(H,20,24). The Bertz CT molecular complexity index is 651. The van der Waals surface area contributed by atoms with Crippen LogP contribution in [0, 0.1) is 0 Å². The Labute approximate surface area is 141 Å². The second-order valence-corrected chi connectivity index (χ2v) is 6.03. The first-order chi connectivity index (χ1) is 11.7. The van der Waals surface area contributed by atoms with E-state index in [0.29, 0.717) is 12.6 Å². The summed E-state index contributed by atoms with van der Waals surface area (Å²) in [5, 5.41) is 11.0. The molecule has 0 bridgehead atoms. The molecule has 2 aromatic rings. The minimum absolute atomic E-state index is 0.0258. The molecule has 1 fully saturated rings. The van der Waals surface area contributed by atoms with Crippen LogP contribution >= 0.6 is 0 Å². The molecule has 1 atom stereocenters. The Kier molecular flexibility index (Phi) is 5.32. The van der Waals surface area contributed by atoms with Crippen LogP contribution in [0.4, 0.5) is 11.5 Å². The maximum Gasteiger partial charge on any atom is 0.238 e. The van der Waals surface area contributed by atoms with Crippen LogP contribution in [0.15, 0.2) is 42.9 Å². The predicted octanol–water partition coefficient (Wildman–Crippen LogP) is 1.41. The molecule has 1 N–H and O–H groups in total. The number of likely N-dealkylation sites (N-methyl/N-ethyl adjacent to an activating group) is 1. The van der Waals surface area contributed by atoms with Gasteiger partial charge in [0.1, 0.15) is 0 Å². The maximum absolute atomic E-state index is 12.2. The molecule has 1 unspecified atom stereocenters. The van der Waals surface area contributed by atoms with Gasteiger partial charge in [0.15, 0.2) is 5.82 Å². The molecule has 0 radical (unpaired) electrons. The molecule has 0 spiro atoms. The van der Waals surface area contributed by atoms with Crippen LogP contribution in [-0.4, -0.2) is 58.7 Å². The molecule has 126 valence electrons. The maximum atomic E-state index is 12.2. The molecule has 7 nitrogen and oxygen atoms in total. The lowest BCUT2D eigenvalue weighted by Gasteiger charge is -2.37. The van der Waals surface area contributed by atoms with Crippen LogP contribution in [0.25, 0.3) is 0 Å². The lowest BCUT2D eigenvalue weighted by atomic mass is 10.0. The summed E-state index contributed by atoms with van der Waals surface area (Å²) in [6.07, 6.45) is 7.17. The summed E-state index contributed by atoms with van der Waals surface area (Å²) < 4.78 is 0. The van der Waals surface area contributed by atoms with E-state index in [9.17, 15) is 4.79 Å². The molecule has 1 aliphatic heterocycles. The third-order valence-electron chi connectivity index (χ3n) is 4.24. The summed E-state index contributed by atoms with van der Waals surface area (Å²) in [5.74, 6) is 0.873. The molecular weight excluding hydrogens is 304 g/mol. The van der Waals surface area contributed by atoms with E-state index >= 15 is 0 Å². The fraction of sp³-hybridized carbons (Fsp3) is 0.412. The zero-order valence-corrected chi connectivity index (χ0v) is 13.8.